The lowest BCUT2D eigenvalue weighted by molar-refractivity contribution is 0.481. The number of rotatable bonds is 1. The van der Waals surface area contributed by atoms with Crippen LogP contribution in [0.15, 0.2) is 4.73 Å². The van der Waals surface area contributed by atoms with Crippen molar-refractivity contribution in [2.24, 2.45) is 12.8 Å². The van der Waals surface area contributed by atoms with Crippen molar-refractivity contribution in [2.75, 3.05) is 0 Å². The van der Waals surface area contributed by atoms with Crippen molar-refractivity contribution in [3.63, 3.8) is 0 Å². The molecule has 62 valence electrons. The van der Waals surface area contributed by atoms with Crippen LogP contribution >= 0.6 is 15.9 Å². The molecule has 0 aliphatic rings. The molecule has 0 saturated carbocycles. The zero-order valence-corrected chi connectivity index (χ0v) is 8.38. The highest BCUT2D eigenvalue weighted by molar-refractivity contribution is 9.10. The van der Waals surface area contributed by atoms with Gasteiger partial charge in [-0.25, -0.2) is 4.98 Å². The third-order valence-electron chi connectivity index (χ3n) is 1.31. The molecule has 0 radical (unpaired) electrons. The number of aromatic nitrogens is 3. The Balaban J connectivity index is 3.13. The molecule has 0 atom stereocenters. The molecule has 1 heterocycles. The van der Waals surface area contributed by atoms with E-state index in [9.17, 15) is 0 Å². The lowest BCUT2D eigenvalue weighted by Crippen LogP contribution is -2.32. The van der Waals surface area contributed by atoms with Gasteiger partial charge in [-0.05, 0) is 29.8 Å². The summed E-state index contributed by atoms with van der Waals surface area (Å²) >= 11 is 3.18. The summed E-state index contributed by atoms with van der Waals surface area (Å²) in [6, 6.07) is 0. The van der Waals surface area contributed by atoms with Gasteiger partial charge in [0.05, 0.1) is 5.54 Å². The molecule has 0 aliphatic heterocycles. The van der Waals surface area contributed by atoms with Gasteiger partial charge in [-0.2, -0.15) is 0 Å². The summed E-state index contributed by atoms with van der Waals surface area (Å²) in [5.41, 5.74) is 5.39. The highest BCUT2D eigenvalue weighted by Gasteiger charge is 2.20. The Labute approximate surface area is 73.9 Å². The molecular formula is C6H11BrN4. The summed E-state index contributed by atoms with van der Waals surface area (Å²) < 4.78 is 2.25. The molecule has 11 heavy (non-hydrogen) atoms. The van der Waals surface area contributed by atoms with Gasteiger partial charge >= 0.3 is 0 Å². The van der Waals surface area contributed by atoms with E-state index in [0.717, 1.165) is 5.82 Å². The first-order valence-electron chi connectivity index (χ1n) is 3.27. The zero-order chi connectivity index (χ0) is 8.65. The maximum Gasteiger partial charge on any atom is 0.217 e. The Bertz CT molecular complexity index is 260. The van der Waals surface area contributed by atoms with Gasteiger partial charge in [-0.15, -0.1) is 5.10 Å². The van der Waals surface area contributed by atoms with Crippen LogP contribution in [-0.4, -0.2) is 14.8 Å². The normalized spacial score (nSPS) is 12.1. The van der Waals surface area contributed by atoms with Crippen molar-refractivity contribution in [3.05, 3.63) is 10.6 Å². The molecule has 2 N–H and O–H groups in total. The predicted octanol–water partition coefficient (Wildman–Crippen LogP) is 0.771. The Morgan fingerprint density at radius 1 is 1.55 bits per heavy atom. The van der Waals surface area contributed by atoms with Gasteiger partial charge < -0.3 is 5.73 Å². The molecule has 0 aromatic carbocycles. The van der Waals surface area contributed by atoms with Crippen LogP contribution in [0.1, 0.15) is 19.7 Å². The van der Waals surface area contributed by atoms with E-state index in [1.54, 1.807) is 4.68 Å². The average molecular weight is 219 g/mol. The molecular weight excluding hydrogens is 208 g/mol. The summed E-state index contributed by atoms with van der Waals surface area (Å²) in [4.78, 5) is 4.12. The molecule has 4 nitrogen and oxygen atoms in total. The van der Waals surface area contributed by atoms with Crippen LogP contribution in [0.5, 0.6) is 0 Å². The Kier molecular flexibility index (Phi) is 2.02. The number of nitrogens with zero attached hydrogens (tertiary/aromatic N) is 3. The standard InChI is InChI=1S/C6H11BrN4/c1-6(2,8)4-9-5(7)10-11(4)3/h8H2,1-3H3. The van der Waals surface area contributed by atoms with Crippen molar-refractivity contribution in [3.8, 4) is 0 Å². The summed E-state index contributed by atoms with van der Waals surface area (Å²) in [5, 5.41) is 4.02. The molecule has 0 aliphatic carbocycles. The van der Waals surface area contributed by atoms with E-state index in [4.69, 9.17) is 5.73 Å². The topological polar surface area (TPSA) is 56.7 Å². The molecule has 0 fully saturated rings. The second kappa shape index (κ2) is 2.57. The SMILES string of the molecule is Cn1nc(Br)nc1C(C)(C)N. The number of hydrogen-bond acceptors (Lipinski definition) is 3. The fraction of sp³-hybridized carbons (Fsp3) is 0.667. The largest absolute Gasteiger partial charge is 0.319 e. The Hall–Kier alpha value is -0.420. The number of hydrogen-bond donors (Lipinski definition) is 1. The molecule has 0 spiro atoms. The number of halogens is 1. The minimum atomic E-state index is -0.437. The van der Waals surface area contributed by atoms with Crippen molar-refractivity contribution in [1.29, 1.82) is 0 Å². The molecule has 1 aromatic heterocycles. The molecule has 0 unspecified atom stereocenters. The summed E-state index contributed by atoms with van der Waals surface area (Å²) in [7, 11) is 1.82. The van der Waals surface area contributed by atoms with E-state index in [-0.39, 0.29) is 0 Å². The zero-order valence-electron chi connectivity index (χ0n) is 6.80. The van der Waals surface area contributed by atoms with Gasteiger partial charge in [0.2, 0.25) is 4.73 Å². The first kappa shape index (κ1) is 8.67. The molecule has 5 heteroatoms. The van der Waals surface area contributed by atoms with E-state index in [1.165, 1.54) is 0 Å². The second-order valence-corrected chi connectivity index (χ2v) is 3.76. The third kappa shape index (κ3) is 1.78. The van der Waals surface area contributed by atoms with Crippen LogP contribution < -0.4 is 5.73 Å². The summed E-state index contributed by atoms with van der Waals surface area (Å²) in [6.07, 6.45) is 0. The fourth-order valence-electron chi connectivity index (χ4n) is 0.914. The third-order valence-corrected chi connectivity index (χ3v) is 1.65. The first-order valence-corrected chi connectivity index (χ1v) is 4.06. The first-order chi connectivity index (χ1) is 4.91. The number of nitrogens with two attached hydrogens (primary N) is 1. The van der Waals surface area contributed by atoms with Crippen molar-refractivity contribution in [2.45, 2.75) is 19.4 Å². The highest BCUT2D eigenvalue weighted by Crippen LogP contribution is 2.15. The Morgan fingerprint density at radius 3 is 2.27 bits per heavy atom. The van der Waals surface area contributed by atoms with Crippen molar-refractivity contribution >= 4 is 15.9 Å². The van der Waals surface area contributed by atoms with Gasteiger partial charge in [-0.1, -0.05) is 0 Å². The van der Waals surface area contributed by atoms with Gasteiger partial charge in [0.25, 0.3) is 0 Å². The van der Waals surface area contributed by atoms with Crippen LogP contribution in [0, 0.1) is 0 Å². The smallest absolute Gasteiger partial charge is 0.217 e. The number of aryl methyl sites for hydroxylation is 1. The quantitative estimate of drug-likeness (QED) is 0.758. The van der Waals surface area contributed by atoms with Crippen LogP contribution in [0.3, 0.4) is 0 Å². The molecule has 0 bridgehead atoms. The van der Waals surface area contributed by atoms with E-state index in [1.807, 2.05) is 20.9 Å². The van der Waals surface area contributed by atoms with Crippen LogP contribution in [0.25, 0.3) is 0 Å². The lowest BCUT2D eigenvalue weighted by Gasteiger charge is -2.15. The van der Waals surface area contributed by atoms with E-state index in [2.05, 4.69) is 26.0 Å². The predicted molar refractivity (Wildman–Crippen MR) is 45.9 cm³/mol. The molecule has 1 rings (SSSR count). The van der Waals surface area contributed by atoms with Crippen molar-refractivity contribution in [1.82, 2.24) is 14.8 Å². The van der Waals surface area contributed by atoms with Gasteiger partial charge in [0.1, 0.15) is 5.82 Å². The van der Waals surface area contributed by atoms with Crippen molar-refractivity contribution < 1.29 is 0 Å². The molecule has 0 amide bonds. The Morgan fingerprint density at radius 2 is 2.09 bits per heavy atom. The van der Waals surface area contributed by atoms with Gasteiger partial charge in [-0.3, -0.25) is 4.68 Å². The maximum absolute atomic E-state index is 5.83. The fourth-order valence-corrected chi connectivity index (χ4v) is 1.32. The van der Waals surface area contributed by atoms with E-state index < -0.39 is 5.54 Å². The maximum atomic E-state index is 5.83. The van der Waals surface area contributed by atoms with Crippen LogP contribution in [0.2, 0.25) is 0 Å². The minimum absolute atomic E-state index is 0.437. The van der Waals surface area contributed by atoms with Crippen LogP contribution in [-0.2, 0) is 12.6 Å². The van der Waals surface area contributed by atoms with Gasteiger partial charge in [0, 0.05) is 7.05 Å². The minimum Gasteiger partial charge on any atom is -0.319 e. The average Bonchev–Trinajstić information content (AvgIpc) is 2.08. The van der Waals surface area contributed by atoms with Gasteiger partial charge in [0.15, 0.2) is 0 Å². The second-order valence-electron chi connectivity index (χ2n) is 3.05. The summed E-state index contributed by atoms with van der Waals surface area (Å²) in [6.45, 7) is 3.78. The molecule has 1 aromatic rings. The molecule has 0 saturated heterocycles. The lowest BCUT2D eigenvalue weighted by atomic mass is 10.1. The van der Waals surface area contributed by atoms with E-state index in [0.29, 0.717) is 4.73 Å². The monoisotopic (exact) mass is 218 g/mol. The highest BCUT2D eigenvalue weighted by atomic mass is 79.9. The van der Waals surface area contributed by atoms with Crippen LogP contribution in [0.4, 0.5) is 0 Å². The summed E-state index contributed by atoms with van der Waals surface area (Å²) in [5.74, 6) is 0.768. The van der Waals surface area contributed by atoms with E-state index >= 15 is 0 Å².